The van der Waals surface area contributed by atoms with E-state index in [0.29, 0.717) is 13.2 Å². The first kappa shape index (κ1) is 12.0. The first-order valence-electron chi connectivity index (χ1n) is 6.07. The predicted octanol–water partition coefficient (Wildman–Crippen LogP) is 2.60. The van der Waals surface area contributed by atoms with Crippen LogP contribution in [0.15, 0.2) is 24.3 Å². The van der Waals surface area contributed by atoms with E-state index in [9.17, 15) is 0 Å². The zero-order chi connectivity index (χ0) is 12.1. The van der Waals surface area contributed by atoms with Crippen LogP contribution in [0.2, 0.25) is 0 Å². The summed E-state index contributed by atoms with van der Waals surface area (Å²) in [5.41, 5.74) is 6.83. The van der Waals surface area contributed by atoms with Gasteiger partial charge in [0.1, 0.15) is 13.2 Å². The summed E-state index contributed by atoms with van der Waals surface area (Å²) < 4.78 is 11.0. The Morgan fingerprint density at radius 1 is 1.29 bits per heavy atom. The minimum atomic E-state index is 0.264. The van der Waals surface area contributed by atoms with E-state index in [2.05, 4.69) is 12.2 Å². The van der Waals surface area contributed by atoms with Gasteiger partial charge in [-0.1, -0.05) is 18.2 Å². The van der Waals surface area contributed by atoms with Crippen LogP contribution in [0.1, 0.15) is 25.3 Å². The van der Waals surface area contributed by atoms with E-state index in [1.807, 2.05) is 25.1 Å². The maximum absolute atomic E-state index is 5.69. The lowest BCUT2D eigenvalue weighted by molar-refractivity contribution is 0.171. The SMILES string of the molecule is CC(N)CC/C=C/c1ccc2c(c1)OCCO2. The van der Waals surface area contributed by atoms with Gasteiger partial charge in [-0.3, -0.25) is 0 Å². The first-order chi connectivity index (χ1) is 8.25. The number of rotatable bonds is 4. The van der Waals surface area contributed by atoms with Gasteiger partial charge in [-0.05, 0) is 37.5 Å². The Hall–Kier alpha value is -1.48. The molecule has 1 atom stereocenters. The zero-order valence-corrected chi connectivity index (χ0v) is 10.2. The summed E-state index contributed by atoms with van der Waals surface area (Å²) in [6.07, 6.45) is 6.27. The van der Waals surface area contributed by atoms with Crippen LogP contribution in [0.25, 0.3) is 6.08 Å². The van der Waals surface area contributed by atoms with Crippen molar-refractivity contribution < 1.29 is 9.47 Å². The number of fused-ring (bicyclic) bond motifs is 1. The molecule has 0 spiro atoms. The zero-order valence-electron chi connectivity index (χ0n) is 10.2. The van der Waals surface area contributed by atoms with Gasteiger partial charge in [0.2, 0.25) is 0 Å². The highest BCUT2D eigenvalue weighted by molar-refractivity contribution is 5.56. The summed E-state index contributed by atoms with van der Waals surface area (Å²) in [6, 6.07) is 6.27. The largest absolute Gasteiger partial charge is 0.486 e. The van der Waals surface area contributed by atoms with E-state index in [0.717, 1.165) is 29.9 Å². The van der Waals surface area contributed by atoms with Crippen LogP contribution in [0.4, 0.5) is 0 Å². The molecular weight excluding hydrogens is 214 g/mol. The Morgan fingerprint density at radius 2 is 2.06 bits per heavy atom. The van der Waals surface area contributed by atoms with Gasteiger partial charge >= 0.3 is 0 Å². The molecule has 2 N–H and O–H groups in total. The van der Waals surface area contributed by atoms with E-state index in [1.54, 1.807) is 0 Å². The fraction of sp³-hybridized carbons (Fsp3) is 0.429. The van der Waals surface area contributed by atoms with Gasteiger partial charge in [0.15, 0.2) is 11.5 Å². The normalized spacial score (nSPS) is 16.1. The van der Waals surface area contributed by atoms with E-state index in [4.69, 9.17) is 15.2 Å². The predicted molar refractivity (Wildman–Crippen MR) is 69.3 cm³/mol. The highest BCUT2D eigenvalue weighted by Crippen LogP contribution is 2.31. The van der Waals surface area contributed by atoms with Crippen LogP contribution in [0.5, 0.6) is 11.5 Å². The topological polar surface area (TPSA) is 44.5 Å². The van der Waals surface area contributed by atoms with Crippen LogP contribution < -0.4 is 15.2 Å². The molecule has 92 valence electrons. The third-order valence-electron chi connectivity index (χ3n) is 2.67. The molecule has 0 bridgehead atoms. The summed E-state index contributed by atoms with van der Waals surface area (Å²) in [5, 5.41) is 0. The van der Waals surface area contributed by atoms with E-state index in [1.165, 1.54) is 0 Å². The molecule has 1 aromatic rings. The standard InChI is InChI=1S/C14H19NO2/c1-11(15)4-2-3-5-12-6-7-13-14(10-12)17-9-8-16-13/h3,5-7,10-11H,2,4,8-9,15H2,1H3/b5-3+. The van der Waals surface area contributed by atoms with E-state index < -0.39 is 0 Å². The summed E-state index contributed by atoms with van der Waals surface area (Å²) in [7, 11) is 0. The van der Waals surface area contributed by atoms with E-state index >= 15 is 0 Å². The van der Waals surface area contributed by atoms with Crippen molar-refractivity contribution in [1.82, 2.24) is 0 Å². The number of hydrogen-bond donors (Lipinski definition) is 1. The summed E-state index contributed by atoms with van der Waals surface area (Å²) in [4.78, 5) is 0. The Bertz CT molecular complexity index is 399. The Kier molecular flexibility index (Phi) is 4.04. The van der Waals surface area contributed by atoms with Gasteiger partial charge in [-0.25, -0.2) is 0 Å². The van der Waals surface area contributed by atoms with Crippen molar-refractivity contribution >= 4 is 6.08 Å². The molecule has 0 amide bonds. The summed E-state index contributed by atoms with van der Waals surface area (Å²) in [5.74, 6) is 1.68. The van der Waals surface area contributed by atoms with Gasteiger partial charge in [-0.15, -0.1) is 0 Å². The molecule has 0 saturated heterocycles. The van der Waals surface area contributed by atoms with Crippen LogP contribution >= 0.6 is 0 Å². The maximum Gasteiger partial charge on any atom is 0.161 e. The van der Waals surface area contributed by atoms with Crippen LogP contribution in [0.3, 0.4) is 0 Å². The number of hydrogen-bond acceptors (Lipinski definition) is 3. The van der Waals surface area contributed by atoms with Gasteiger partial charge < -0.3 is 15.2 Å². The number of nitrogens with two attached hydrogens (primary N) is 1. The van der Waals surface area contributed by atoms with Crippen molar-refractivity contribution in [3.63, 3.8) is 0 Å². The molecule has 3 heteroatoms. The third-order valence-corrected chi connectivity index (χ3v) is 2.67. The average molecular weight is 233 g/mol. The van der Waals surface area contributed by atoms with Crippen LogP contribution in [-0.4, -0.2) is 19.3 Å². The van der Waals surface area contributed by atoms with Gasteiger partial charge in [0.05, 0.1) is 0 Å². The molecule has 0 saturated carbocycles. The molecule has 1 heterocycles. The second-order valence-electron chi connectivity index (χ2n) is 4.36. The Balaban J connectivity index is 1.97. The minimum Gasteiger partial charge on any atom is -0.486 e. The second-order valence-corrected chi connectivity index (χ2v) is 4.36. The molecule has 0 fully saturated rings. The monoisotopic (exact) mass is 233 g/mol. The van der Waals surface area contributed by atoms with E-state index in [-0.39, 0.29) is 6.04 Å². The summed E-state index contributed by atoms with van der Waals surface area (Å²) in [6.45, 7) is 3.29. The molecule has 0 aromatic heterocycles. The second kappa shape index (κ2) is 5.73. The van der Waals surface area contributed by atoms with Crippen molar-refractivity contribution in [2.24, 2.45) is 5.73 Å². The molecular formula is C14H19NO2. The highest BCUT2D eigenvalue weighted by atomic mass is 16.6. The van der Waals surface area contributed by atoms with Crippen molar-refractivity contribution in [3.8, 4) is 11.5 Å². The minimum absolute atomic E-state index is 0.264. The van der Waals surface area contributed by atoms with Gasteiger partial charge in [-0.2, -0.15) is 0 Å². The molecule has 2 rings (SSSR count). The lowest BCUT2D eigenvalue weighted by atomic mass is 10.1. The molecule has 1 aromatic carbocycles. The molecule has 17 heavy (non-hydrogen) atoms. The molecule has 1 unspecified atom stereocenters. The maximum atomic E-state index is 5.69. The van der Waals surface area contributed by atoms with Crippen molar-refractivity contribution in [2.75, 3.05) is 13.2 Å². The van der Waals surface area contributed by atoms with Crippen molar-refractivity contribution in [3.05, 3.63) is 29.8 Å². The summed E-state index contributed by atoms with van der Waals surface area (Å²) >= 11 is 0. The Labute approximate surface area is 102 Å². The fourth-order valence-electron chi connectivity index (χ4n) is 1.74. The Morgan fingerprint density at radius 3 is 2.82 bits per heavy atom. The molecule has 0 aliphatic carbocycles. The fourth-order valence-corrected chi connectivity index (χ4v) is 1.74. The lowest BCUT2D eigenvalue weighted by Crippen LogP contribution is -2.15. The first-order valence-corrected chi connectivity index (χ1v) is 6.07. The highest BCUT2D eigenvalue weighted by Gasteiger charge is 2.10. The number of allylic oxidation sites excluding steroid dienone is 1. The molecule has 1 aliphatic rings. The number of benzene rings is 1. The molecule has 3 nitrogen and oxygen atoms in total. The quantitative estimate of drug-likeness (QED) is 0.869. The molecule has 0 radical (unpaired) electrons. The van der Waals surface area contributed by atoms with Gasteiger partial charge in [0.25, 0.3) is 0 Å². The third kappa shape index (κ3) is 3.49. The van der Waals surface area contributed by atoms with Crippen LogP contribution in [0, 0.1) is 0 Å². The van der Waals surface area contributed by atoms with Crippen LogP contribution in [-0.2, 0) is 0 Å². The van der Waals surface area contributed by atoms with Crippen molar-refractivity contribution in [1.29, 1.82) is 0 Å². The smallest absolute Gasteiger partial charge is 0.161 e. The average Bonchev–Trinajstić information content (AvgIpc) is 2.34. The lowest BCUT2D eigenvalue weighted by Gasteiger charge is -2.18. The number of ether oxygens (including phenoxy) is 2. The molecule has 1 aliphatic heterocycles. The van der Waals surface area contributed by atoms with Crippen molar-refractivity contribution in [2.45, 2.75) is 25.8 Å². The van der Waals surface area contributed by atoms with Gasteiger partial charge in [0, 0.05) is 6.04 Å².